The van der Waals surface area contributed by atoms with Crippen molar-refractivity contribution in [3.8, 4) is 0 Å². The van der Waals surface area contributed by atoms with Gasteiger partial charge in [-0.3, -0.25) is 0 Å². The summed E-state index contributed by atoms with van der Waals surface area (Å²) in [5.41, 5.74) is -0.667. The van der Waals surface area contributed by atoms with Crippen molar-refractivity contribution < 1.29 is 18.3 Å². The lowest BCUT2D eigenvalue weighted by Gasteiger charge is -2.05. The lowest BCUT2D eigenvalue weighted by molar-refractivity contribution is 0.0589. The summed E-state index contributed by atoms with van der Waals surface area (Å²) in [6.45, 7) is 0. The monoisotopic (exact) mass is 376 g/mol. The third-order valence-electron chi connectivity index (χ3n) is 1.50. The Balaban J connectivity index is 3.44. The smallest absolute Gasteiger partial charge is 0.343 e. The number of benzene rings is 1. The molecular weight excluding hydrogens is 373 g/mol. The molecule has 0 radical (unpaired) electrons. The van der Waals surface area contributed by atoms with Crippen LogP contribution in [-0.2, 0) is 4.74 Å². The Morgan fingerprint density at radius 3 is 2.64 bits per heavy atom. The maximum atomic E-state index is 13.4. The van der Waals surface area contributed by atoms with Crippen molar-refractivity contribution in [2.45, 2.75) is 0 Å². The molecule has 0 saturated heterocycles. The molecule has 0 aliphatic rings. The largest absolute Gasteiger partial charge is 0.465 e. The average molecular weight is 377 g/mol. The highest BCUT2D eigenvalue weighted by Gasteiger charge is 2.22. The van der Waals surface area contributed by atoms with Crippen LogP contribution in [0.3, 0.4) is 0 Å². The molecule has 0 saturated carbocycles. The molecule has 0 amide bonds. The summed E-state index contributed by atoms with van der Waals surface area (Å²) in [6, 6.07) is 1.02. The number of hydrogen-bond acceptors (Lipinski definition) is 2. The zero-order chi connectivity index (χ0) is 10.9. The SMILES string of the molecule is COC(=O)c1c(F)cc(Br)c(I)c1F. The van der Waals surface area contributed by atoms with Gasteiger partial charge in [0.15, 0.2) is 5.82 Å². The van der Waals surface area contributed by atoms with Crippen LogP contribution in [0.1, 0.15) is 10.4 Å². The van der Waals surface area contributed by atoms with Crippen LogP contribution in [0, 0.1) is 15.2 Å². The van der Waals surface area contributed by atoms with Crippen LogP contribution in [0.4, 0.5) is 8.78 Å². The summed E-state index contributed by atoms with van der Waals surface area (Å²) in [6.07, 6.45) is 0. The number of ether oxygens (including phenoxy) is 1. The molecule has 0 N–H and O–H groups in total. The fourth-order valence-corrected chi connectivity index (χ4v) is 1.66. The first-order chi connectivity index (χ1) is 6.49. The van der Waals surface area contributed by atoms with E-state index < -0.39 is 23.2 Å². The number of esters is 1. The van der Waals surface area contributed by atoms with Gasteiger partial charge >= 0.3 is 5.97 Å². The molecule has 0 unspecified atom stereocenters. The van der Waals surface area contributed by atoms with E-state index >= 15 is 0 Å². The molecule has 0 aliphatic heterocycles. The quantitative estimate of drug-likeness (QED) is 0.326. The molecule has 1 rings (SSSR count). The molecule has 0 heterocycles. The van der Waals surface area contributed by atoms with E-state index in [0.29, 0.717) is 0 Å². The van der Waals surface area contributed by atoms with Crippen LogP contribution in [0.15, 0.2) is 10.5 Å². The first-order valence-electron chi connectivity index (χ1n) is 3.40. The van der Waals surface area contributed by atoms with Gasteiger partial charge in [-0.2, -0.15) is 0 Å². The highest BCUT2D eigenvalue weighted by Crippen LogP contribution is 2.27. The van der Waals surface area contributed by atoms with Crippen molar-refractivity contribution in [1.82, 2.24) is 0 Å². The lowest BCUT2D eigenvalue weighted by Crippen LogP contribution is -2.09. The van der Waals surface area contributed by atoms with Crippen LogP contribution in [-0.4, -0.2) is 13.1 Å². The average Bonchev–Trinajstić information content (AvgIpc) is 2.14. The Morgan fingerprint density at radius 2 is 2.14 bits per heavy atom. The minimum Gasteiger partial charge on any atom is -0.465 e. The van der Waals surface area contributed by atoms with E-state index in [0.717, 1.165) is 13.2 Å². The fraction of sp³-hybridized carbons (Fsp3) is 0.125. The Morgan fingerprint density at radius 1 is 1.57 bits per heavy atom. The van der Waals surface area contributed by atoms with Crippen molar-refractivity contribution in [2.75, 3.05) is 7.11 Å². The predicted molar refractivity (Wildman–Crippen MR) is 58.1 cm³/mol. The zero-order valence-electron chi connectivity index (χ0n) is 6.91. The molecule has 1 aromatic carbocycles. The van der Waals surface area contributed by atoms with Crippen LogP contribution < -0.4 is 0 Å². The van der Waals surface area contributed by atoms with Gasteiger partial charge in [-0.05, 0) is 44.6 Å². The second kappa shape index (κ2) is 4.52. The zero-order valence-corrected chi connectivity index (χ0v) is 10.6. The third-order valence-corrected chi connectivity index (χ3v) is 3.92. The molecule has 0 aromatic heterocycles. The Kier molecular flexibility index (Phi) is 3.82. The highest BCUT2D eigenvalue weighted by atomic mass is 127. The van der Waals surface area contributed by atoms with Crippen LogP contribution in [0.2, 0.25) is 0 Å². The van der Waals surface area contributed by atoms with Gasteiger partial charge in [0.1, 0.15) is 11.4 Å². The minimum absolute atomic E-state index is 0.143. The normalized spacial score (nSPS) is 10.1. The first kappa shape index (κ1) is 11.8. The van der Waals surface area contributed by atoms with E-state index in [1.54, 1.807) is 22.6 Å². The molecule has 0 bridgehead atoms. The fourth-order valence-electron chi connectivity index (χ4n) is 0.855. The predicted octanol–water partition coefficient (Wildman–Crippen LogP) is 3.12. The molecule has 0 spiro atoms. The summed E-state index contributed by atoms with van der Waals surface area (Å²) in [4.78, 5) is 11.0. The van der Waals surface area contributed by atoms with Gasteiger partial charge in [0, 0.05) is 4.47 Å². The maximum Gasteiger partial charge on any atom is 0.343 e. The Hall–Kier alpha value is -0.240. The van der Waals surface area contributed by atoms with E-state index in [1.165, 1.54) is 0 Å². The first-order valence-corrected chi connectivity index (χ1v) is 5.27. The molecule has 0 atom stereocenters. The maximum absolute atomic E-state index is 13.4. The number of carbonyl (C=O) groups excluding carboxylic acids is 1. The molecule has 76 valence electrons. The van der Waals surface area contributed by atoms with Crippen LogP contribution in [0.25, 0.3) is 0 Å². The van der Waals surface area contributed by atoms with E-state index in [-0.39, 0.29) is 8.04 Å². The summed E-state index contributed by atoms with van der Waals surface area (Å²) >= 11 is 4.63. The second-order valence-corrected chi connectivity index (χ2v) is 4.27. The van der Waals surface area contributed by atoms with Gasteiger partial charge in [0.05, 0.1) is 10.7 Å². The van der Waals surface area contributed by atoms with Crippen LogP contribution in [0.5, 0.6) is 0 Å². The van der Waals surface area contributed by atoms with E-state index in [4.69, 9.17) is 0 Å². The van der Waals surface area contributed by atoms with Gasteiger partial charge in [-0.25, -0.2) is 13.6 Å². The Bertz CT molecular complexity index is 395. The highest BCUT2D eigenvalue weighted by molar-refractivity contribution is 14.1. The second-order valence-electron chi connectivity index (χ2n) is 2.33. The summed E-state index contributed by atoms with van der Waals surface area (Å²) in [7, 11) is 1.07. The molecule has 2 nitrogen and oxygen atoms in total. The summed E-state index contributed by atoms with van der Waals surface area (Å²) in [5.74, 6) is -2.88. The van der Waals surface area contributed by atoms with E-state index in [2.05, 4.69) is 20.7 Å². The van der Waals surface area contributed by atoms with Crippen molar-refractivity contribution in [2.24, 2.45) is 0 Å². The Labute approximate surface area is 101 Å². The van der Waals surface area contributed by atoms with Gasteiger partial charge in [-0.15, -0.1) is 0 Å². The number of rotatable bonds is 1. The van der Waals surface area contributed by atoms with Gasteiger partial charge in [-0.1, -0.05) is 0 Å². The lowest BCUT2D eigenvalue weighted by atomic mass is 10.2. The van der Waals surface area contributed by atoms with Gasteiger partial charge in [0.25, 0.3) is 0 Å². The number of carbonyl (C=O) groups is 1. The molecule has 6 heteroatoms. The molecule has 0 aliphatic carbocycles. The van der Waals surface area contributed by atoms with Crippen LogP contribution >= 0.6 is 38.5 Å². The summed E-state index contributed by atoms with van der Waals surface area (Å²) in [5, 5.41) is 0. The minimum atomic E-state index is -1.02. The standard InChI is InChI=1S/C8H4BrF2IO2/c1-14-8(13)5-4(10)2-3(9)7(12)6(5)11/h2H,1H3. The van der Waals surface area contributed by atoms with Crippen molar-refractivity contribution in [3.63, 3.8) is 0 Å². The van der Waals surface area contributed by atoms with Crippen molar-refractivity contribution >= 4 is 44.5 Å². The van der Waals surface area contributed by atoms with E-state index in [9.17, 15) is 13.6 Å². The number of methoxy groups -OCH3 is 1. The molecule has 14 heavy (non-hydrogen) atoms. The number of hydrogen-bond donors (Lipinski definition) is 0. The summed E-state index contributed by atoms with van der Waals surface area (Å²) < 4.78 is 31.2. The number of halogens is 4. The molecule has 0 fully saturated rings. The topological polar surface area (TPSA) is 26.3 Å². The van der Waals surface area contributed by atoms with Gasteiger partial charge < -0.3 is 4.74 Å². The third kappa shape index (κ3) is 2.05. The molecular formula is C8H4BrF2IO2. The molecule has 1 aromatic rings. The van der Waals surface area contributed by atoms with Gasteiger partial charge in [0.2, 0.25) is 0 Å². The van der Waals surface area contributed by atoms with Crippen molar-refractivity contribution in [3.05, 3.63) is 31.3 Å². The van der Waals surface area contributed by atoms with Crippen molar-refractivity contribution in [1.29, 1.82) is 0 Å². The van der Waals surface area contributed by atoms with E-state index in [1.807, 2.05) is 0 Å².